The van der Waals surface area contributed by atoms with Crippen LogP contribution in [0.3, 0.4) is 0 Å². The molecule has 0 heterocycles. The summed E-state index contributed by atoms with van der Waals surface area (Å²) in [5.41, 5.74) is 5.62. The Hall–Kier alpha value is -4.62. The number of likely N-dealkylation sites (N-methyl/N-ethyl adjacent to an activating group) is 1. The Bertz CT molecular complexity index is 1890. The molecule has 252 valence electrons. The molecule has 6 atom stereocenters. The molecule has 7 N–H and O–H groups in total. The first kappa shape index (κ1) is 33.3. The lowest BCUT2D eigenvalue weighted by molar-refractivity contribution is -0.184. The first-order valence-electron chi connectivity index (χ1n) is 15.9. The number of aliphatic hydroxyl groups is 3. The Balaban J connectivity index is 1.45. The van der Waals surface area contributed by atoms with Crippen LogP contribution in [0.2, 0.25) is 0 Å². The number of nitrogens with two attached hydrogens (primary N) is 1. The number of amides is 1. The molecule has 6 rings (SSSR count). The van der Waals surface area contributed by atoms with Gasteiger partial charge in [-0.25, -0.2) is 0 Å². The second-order valence-corrected chi connectivity index (χ2v) is 13.0. The van der Waals surface area contributed by atoms with Crippen molar-refractivity contribution in [2.45, 2.75) is 44.1 Å². The van der Waals surface area contributed by atoms with Crippen LogP contribution in [-0.2, 0) is 36.9 Å². The maximum Gasteiger partial charge on any atom is 0.319 e. The topological polar surface area (TPSA) is 200 Å². The van der Waals surface area contributed by atoms with E-state index in [1.807, 2.05) is 36.4 Å². The highest BCUT2D eigenvalue weighted by Crippen LogP contribution is 2.53. The number of benzene rings is 3. The molecule has 12 nitrogen and oxygen atoms in total. The third-order valence-electron chi connectivity index (χ3n) is 10.2. The molecule has 0 spiro atoms. The van der Waals surface area contributed by atoms with E-state index in [1.165, 1.54) is 6.07 Å². The zero-order valence-corrected chi connectivity index (χ0v) is 26.9. The minimum atomic E-state index is -2.72. The summed E-state index contributed by atoms with van der Waals surface area (Å²) in [5, 5.41) is 50.7. The zero-order chi connectivity index (χ0) is 34.7. The van der Waals surface area contributed by atoms with Crippen molar-refractivity contribution in [3.05, 3.63) is 70.8 Å². The number of phenols is 1. The minimum Gasteiger partial charge on any atom is -0.507 e. The Morgan fingerprint density at radius 2 is 1.73 bits per heavy atom. The lowest BCUT2D eigenvalue weighted by Crippen LogP contribution is -2.73. The van der Waals surface area contributed by atoms with E-state index in [0.717, 1.165) is 21.9 Å². The van der Waals surface area contributed by atoms with Gasteiger partial charge in [0.15, 0.2) is 11.4 Å². The van der Waals surface area contributed by atoms with Crippen molar-refractivity contribution in [1.29, 1.82) is 0 Å². The smallest absolute Gasteiger partial charge is 0.319 e. The fourth-order valence-electron chi connectivity index (χ4n) is 8.12. The van der Waals surface area contributed by atoms with Gasteiger partial charge in [-0.15, -0.1) is 0 Å². The predicted molar refractivity (Wildman–Crippen MR) is 175 cm³/mol. The fourth-order valence-corrected chi connectivity index (χ4v) is 8.12. The van der Waals surface area contributed by atoms with Gasteiger partial charge < -0.3 is 41.1 Å². The van der Waals surface area contributed by atoms with E-state index in [0.29, 0.717) is 24.3 Å². The molecular weight excluding hydrogens is 618 g/mol. The maximum absolute atomic E-state index is 14.2. The van der Waals surface area contributed by atoms with Crippen LogP contribution < -0.4 is 11.1 Å². The maximum atomic E-state index is 14.2. The van der Waals surface area contributed by atoms with Crippen LogP contribution in [0.25, 0.3) is 27.7 Å². The molecule has 0 aliphatic heterocycles. The van der Waals surface area contributed by atoms with Crippen LogP contribution in [0.1, 0.15) is 30.0 Å². The molecule has 3 aliphatic carbocycles. The Morgan fingerprint density at radius 1 is 1.04 bits per heavy atom. The fraction of sp³-hybridized carbons (Fsp3) is 0.389. The summed E-state index contributed by atoms with van der Waals surface area (Å²) < 4.78 is 5.01. The molecule has 48 heavy (non-hydrogen) atoms. The largest absolute Gasteiger partial charge is 0.507 e. The third kappa shape index (κ3) is 5.07. The molecule has 2 saturated carbocycles. The van der Waals surface area contributed by atoms with Crippen molar-refractivity contribution in [2.75, 3.05) is 27.2 Å². The van der Waals surface area contributed by atoms with Crippen LogP contribution in [0.4, 0.5) is 0 Å². The molecule has 12 heteroatoms. The molecular formula is C36H39N3O9. The van der Waals surface area contributed by atoms with E-state index in [-0.39, 0.29) is 42.2 Å². The molecule has 3 aromatic rings. The van der Waals surface area contributed by atoms with Crippen molar-refractivity contribution in [1.82, 2.24) is 10.2 Å². The molecule has 0 bridgehead atoms. The molecule has 2 unspecified atom stereocenters. The number of hydrogen-bond donors (Lipinski definition) is 6. The Labute approximate surface area is 276 Å². The van der Waals surface area contributed by atoms with E-state index in [2.05, 4.69) is 5.32 Å². The molecule has 2 fully saturated rings. The number of hydrogen-bond acceptors (Lipinski definition) is 11. The van der Waals surface area contributed by atoms with Gasteiger partial charge in [0.2, 0.25) is 11.7 Å². The first-order chi connectivity index (χ1) is 22.8. The van der Waals surface area contributed by atoms with Gasteiger partial charge in [-0.1, -0.05) is 42.5 Å². The minimum absolute atomic E-state index is 0.0253. The third-order valence-corrected chi connectivity index (χ3v) is 10.2. The highest BCUT2D eigenvalue weighted by molar-refractivity contribution is 6.25. The lowest BCUT2D eigenvalue weighted by atomic mass is 9.54. The van der Waals surface area contributed by atoms with Crippen molar-refractivity contribution in [3.63, 3.8) is 0 Å². The SMILES string of the molecule is CCOC(=O)CNCc1ccc(-c2ccc(O)c3c2C[C@@H]2C[C@@H]4[C@@H](N(C)C)C(O)C(C(N)=O)C(=O)[C@]4(O)C(=O)C2=C3O)c2ccccc12. The molecule has 3 aliphatic rings. The molecule has 3 aromatic carbocycles. The molecule has 1 amide bonds. The number of ketones is 2. The number of fused-ring (bicyclic) bond motifs is 4. The standard InChI is InChI=1S/C36H39N3O9/c1-4-48-26(41)16-38-15-17-9-10-21(20-8-6-5-7-19(17)20)22-11-12-25(40)28-23(22)13-18-14-24-30(39(2)3)32(43)29(35(37)46)34(45)36(24,47)33(44)27(18)31(28)42/h5-12,18,24,29-30,32,38,40,42-43,47H,4,13-16H2,1-3H3,(H2,37,46)/t18-,24-,29?,30-,32?,36-/m1/s1. The van der Waals surface area contributed by atoms with Crippen LogP contribution in [0.15, 0.2) is 54.1 Å². The molecule has 0 radical (unpaired) electrons. The van der Waals surface area contributed by atoms with Gasteiger partial charge in [0.25, 0.3) is 0 Å². The summed E-state index contributed by atoms with van der Waals surface area (Å²) in [7, 11) is 3.23. The van der Waals surface area contributed by atoms with Crippen molar-refractivity contribution < 1.29 is 44.3 Å². The number of aromatic hydroxyl groups is 1. The van der Waals surface area contributed by atoms with E-state index in [4.69, 9.17) is 10.5 Å². The van der Waals surface area contributed by atoms with Gasteiger partial charge in [0, 0.05) is 24.1 Å². The van der Waals surface area contributed by atoms with Crippen molar-refractivity contribution >= 4 is 40.0 Å². The van der Waals surface area contributed by atoms with Gasteiger partial charge in [-0.3, -0.25) is 19.2 Å². The number of rotatable bonds is 8. The van der Waals surface area contributed by atoms with Crippen molar-refractivity contribution in [3.8, 4) is 16.9 Å². The number of carbonyl (C=O) groups excluding carboxylic acids is 4. The number of carbonyl (C=O) groups is 4. The van der Waals surface area contributed by atoms with Gasteiger partial charge in [0.05, 0.1) is 24.8 Å². The number of phenolic OH excluding ortho intramolecular Hbond substituents is 1. The highest BCUT2D eigenvalue weighted by Gasteiger charge is 2.67. The number of ether oxygens (including phenoxy) is 1. The second kappa shape index (κ2) is 12.4. The van der Waals surface area contributed by atoms with Crippen LogP contribution in [0.5, 0.6) is 5.75 Å². The van der Waals surface area contributed by atoms with E-state index in [1.54, 1.807) is 32.0 Å². The van der Waals surface area contributed by atoms with Gasteiger partial charge >= 0.3 is 5.97 Å². The Kier molecular flexibility index (Phi) is 8.63. The number of aliphatic hydroxyl groups excluding tert-OH is 2. The monoisotopic (exact) mass is 657 g/mol. The van der Waals surface area contributed by atoms with E-state index < -0.39 is 58.7 Å². The van der Waals surface area contributed by atoms with Crippen molar-refractivity contribution in [2.24, 2.45) is 23.5 Å². The summed E-state index contributed by atoms with van der Waals surface area (Å²) in [4.78, 5) is 53.5. The number of primary amides is 1. The second-order valence-electron chi connectivity index (χ2n) is 13.0. The predicted octanol–water partition coefficient (Wildman–Crippen LogP) is 1.60. The average Bonchev–Trinajstić information content (AvgIpc) is 3.03. The van der Waals surface area contributed by atoms with E-state index in [9.17, 15) is 39.6 Å². The average molecular weight is 658 g/mol. The van der Waals surface area contributed by atoms with Gasteiger partial charge in [-0.2, -0.15) is 0 Å². The number of Topliss-reactive ketones (excluding diaryl/α,β-unsaturated/α-hetero) is 2. The zero-order valence-electron chi connectivity index (χ0n) is 26.9. The summed E-state index contributed by atoms with van der Waals surface area (Å²) in [6.07, 6.45) is -1.36. The van der Waals surface area contributed by atoms with Crippen LogP contribution in [-0.4, -0.2) is 93.8 Å². The first-order valence-corrected chi connectivity index (χ1v) is 15.9. The van der Waals surface area contributed by atoms with Gasteiger partial charge in [-0.05, 0) is 78.9 Å². The van der Waals surface area contributed by atoms with Crippen LogP contribution >= 0.6 is 0 Å². The number of nitrogens with one attached hydrogen (secondary N) is 1. The summed E-state index contributed by atoms with van der Waals surface area (Å²) in [6.45, 7) is 2.50. The number of nitrogens with zero attached hydrogens (tertiary/aromatic N) is 1. The summed E-state index contributed by atoms with van der Waals surface area (Å²) in [5.74, 6) is -8.20. The Morgan fingerprint density at radius 3 is 2.40 bits per heavy atom. The van der Waals surface area contributed by atoms with Gasteiger partial charge in [0.1, 0.15) is 17.4 Å². The van der Waals surface area contributed by atoms with E-state index >= 15 is 0 Å². The summed E-state index contributed by atoms with van der Waals surface area (Å²) >= 11 is 0. The number of esters is 1. The lowest BCUT2D eigenvalue weighted by Gasteiger charge is -2.53. The van der Waals surface area contributed by atoms with Crippen LogP contribution in [0, 0.1) is 17.8 Å². The normalized spacial score (nSPS) is 26.7. The highest BCUT2D eigenvalue weighted by atomic mass is 16.5. The quantitative estimate of drug-likeness (QED) is 0.152. The molecule has 0 saturated heterocycles. The molecule has 0 aromatic heterocycles. The summed E-state index contributed by atoms with van der Waals surface area (Å²) in [6, 6.07) is 13.8.